The molecule has 0 bridgehead atoms. The van der Waals surface area contributed by atoms with E-state index in [1.54, 1.807) is 18.9 Å². The van der Waals surface area contributed by atoms with E-state index in [0.29, 0.717) is 16.6 Å². The molecule has 0 saturated heterocycles. The second-order valence-electron chi connectivity index (χ2n) is 4.37. The maximum absolute atomic E-state index is 12.1. The minimum atomic E-state index is 0.142. The summed E-state index contributed by atoms with van der Waals surface area (Å²) >= 11 is 1.66. The Bertz CT molecular complexity index is 411. The Morgan fingerprint density at radius 1 is 1.35 bits per heavy atom. The molecule has 17 heavy (non-hydrogen) atoms. The summed E-state index contributed by atoms with van der Waals surface area (Å²) in [5.74, 6) is 1.37. The first-order valence-corrected chi connectivity index (χ1v) is 6.81. The number of hydrogen-bond donors (Lipinski definition) is 0. The molecule has 0 heterocycles. The highest BCUT2D eigenvalue weighted by atomic mass is 32.2. The zero-order valence-electron chi connectivity index (χ0n) is 11.2. The number of methoxy groups -OCH3 is 1. The Morgan fingerprint density at radius 2 is 2.00 bits per heavy atom. The smallest absolute Gasteiger partial charge is 0.176 e. The van der Waals surface area contributed by atoms with E-state index in [0.717, 1.165) is 16.9 Å². The van der Waals surface area contributed by atoms with Crippen LogP contribution in [-0.4, -0.2) is 23.9 Å². The average molecular weight is 252 g/mol. The summed E-state index contributed by atoms with van der Waals surface area (Å²) in [6.07, 6.45) is 0. The van der Waals surface area contributed by atoms with E-state index in [9.17, 15) is 4.79 Å². The quantitative estimate of drug-likeness (QED) is 0.748. The maximum atomic E-state index is 12.1. The molecule has 0 N–H and O–H groups in total. The molecule has 0 atom stereocenters. The Morgan fingerprint density at radius 3 is 2.53 bits per heavy atom. The molecule has 0 aliphatic rings. The lowest BCUT2D eigenvalue weighted by Gasteiger charge is -2.13. The van der Waals surface area contributed by atoms with Gasteiger partial charge in [0.25, 0.3) is 0 Å². The van der Waals surface area contributed by atoms with Gasteiger partial charge in [0, 0.05) is 0 Å². The summed E-state index contributed by atoms with van der Waals surface area (Å²) in [6.45, 7) is 8.20. The topological polar surface area (TPSA) is 26.3 Å². The van der Waals surface area contributed by atoms with Gasteiger partial charge in [0.15, 0.2) is 5.78 Å². The minimum Gasteiger partial charge on any atom is -0.496 e. The Balaban J connectivity index is 2.97. The third kappa shape index (κ3) is 3.50. The molecule has 0 amide bonds. The number of thioether (sulfide) groups is 1. The highest BCUT2D eigenvalue weighted by Crippen LogP contribution is 2.27. The number of benzene rings is 1. The van der Waals surface area contributed by atoms with Crippen LogP contribution in [0, 0.1) is 13.8 Å². The van der Waals surface area contributed by atoms with E-state index in [2.05, 4.69) is 13.8 Å². The molecular weight excluding hydrogens is 232 g/mol. The number of carbonyl (C=O) groups excluding carboxylic acids is 1. The molecule has 1 aromatic rings. The van der Waals surface area contributed by atoms with Crippen molar-refractivity contribution >= 4 is 17.5 Å². The van der Waals surface area contributed by atoms with Gasteiger partial charge in [-0.25, -0.2) is 0 Å². The SMILES string of the molecule is COc1c(C(=O)CSC(C)C)ccc(C)c1C. The molecule has 1 rings (SSSR count). The summed E-state index contributed by atoms with van der Waals surface area (Å²) in [7, 11) is 1.62. The first-order chi connectivity index (χ1) is 7.97. The normalized spacial score (nSPS) is 10.7. The molecule has 2 nitrogen and oxygen atoms in total. The van der Waals surface area contributed by atoms with Crippen LogP contribution in [-0.2, 0) is 0 Å². The molecule has 0 saturated carbocycles. The Kier molecular flexibility index (Phi) is 5.06. The predicted octanol–water partition coefficient (Wildman–Crippen LogP) is 3.64. The van der Waals surface area contributed by atoms with Crippen molar-refractivity contribution in [1.82, 2.24) is 0 Å². The van der Waals surface area contributed by atoms with E-state index >= 15 is 0 Å². The molecule has 0 radical (unpaired) electrons. The highest BCUT2D eigenvalue weighted by Gasteiger charge is 2.15. The van der Waals surface area contributed by atoms with Gasteiger partial charge < -0.3 is 4.74 Å². The zero-order valence-corrected chi connectivity index (χ0v) is 12.0. The van der Waals surface area contributed by atoms with Gasteiger partial charge in [-0.05, 0) is 36.3 Å². The lowest BCUT2D eigenvalue weighted by Crippen LogP contribution is -2.08. The van der Waals surface area contributed by atoms with Crippen molar-refractivity contribution in [3.8, 4) is 5.75 Å². The van der Waals surface area contributed by atoms with Crippen LogP contribution in [0.3, 0.4) is 0 Å². The van der Waals surface area contributed by atoms with Crippen molar-refractivity contribution < 1.29 is 9.53 Å². The number of aryl methyl sites for hydroxylation is 1. The van der Waals surface area contributed by atoms with E-state index in [-0.39, 0.29) is 5.78 Å². The van der Waals surface area contributed by atoms with Crippen LogP contribution in [0.4, 0.5) is 0 Å². The maximum Gasteiger partial charge on any atom is 0.176 e. The van der Waals surface area contributed by atoms with Crippen molar-refractivity contribution in [1.29, 1.82) is 0 Å². The van der Waals surface area contributed by atoms with Gasteiger partial charge in [-0.15, -0.1) is 0 Å². The third-order valence-corrected chi connectivity index (χ3v) is 3.82. The minimum absolute atomic E-state index is 0.142. The fourth-order valence-corrected chi connectivity index (χ4v) is 2.23. The van der Waals surface area contributed by atoms with Crippen LogP contribution in [0.1, 0.15) is 35.3 Å². The second kappa shape index (κ2) is 6.10. The van der Waals surface area contributed by atoms with E-state index in [1.807, 2.05) is 26.0 Å². The molecule has 0 fully saturated rings. The summed E-state index contributed by atoms with van der Waals surface area (Å²) in [4.78, 5) is 12.1. The first-order valence-electron chi connectivity index (χ1n) is 5.76. The summed E-state index contributed by atoms with van der Waals surface area (Å²) in [5.41, 5.74) is 2.89. The van der Waals surface area contributed by atoms with Crippen molar-refractivity contribution in [2.45, 2.75) is 32.9 Å². The summed E-state index contributed by atoms with van der Waals surface area (Å²) in [6, 6.07) is 3.84. The largest absolute Gasteiger partial charge is 0.496 e. The van der Waals surface area contributed by atoms with Crippen LogP contribution in [0.2, 0.25) is 0 Å². The van der Waals surface area contributed by atoms with Gasteiger partial charge in [-0.2, -0.15) is 11.8 Å². The molecule has 0 aromatic heterocycles. The fourth-order valence-electron chi connectivity index (χ4n) is 1.59. The lowest BCUT2D eigenvalue weighted by molar-refractivity contribution is 0.101. The number of hydrogen-bond acceptors (Lipinski definition) is 3. The van der Waals surface area contributed by atoms with Gasteiger partial charge in [0.1, 0.15) is 5.75 Å². The fraction of sp³-hybridized carbons (Fsp3) is 0.500. The van der Waals surface area contributed by atoms with Crippen molar-refractivity contribution in [3.63, 3.8) is 0 Å². The summed E-state index contributed by atoms with van der Waals surface area (Å²) < 4.78 is 5.35. The lowest BCUT2D eigenvalue weighted by atomic mass is 10.0. The van der Waals surface area contributed by atoms with Gasteiger partial charge >= 0.3 is 0 Å². The molecule has 0 aliphatic heterocycles. The first kappa shape index (κ1) is 14.1. The predicted molar refractivity (Wildman–Crippen MR) is 74.4 cm³/mol. The molecule has 0 unspecified atom stereocenters. The van der Waals surface area contributed by atoms with Gasteiger partial charge in [-0.3, -0.25) is 4.79 Å². The van der Waals surface area contributed by atoms with E-state index in [4.69, 9.17) is 4.74 Å². The number of ketones is 1. The monoisotopic (exact) mass is 252 g/mol. The van der Waals surface area contributed by atoms with Crippen molar-refractivity contribution in [2.24, 2.45) is 0 Å². The Hall–Kier alpha value is -0.960. The van der Waals surface area contributed by atoms with E-state index in [1.165, 1.54) is 0 Å². The molecule has 3 heteroatoms. The van der Waals surface area contributed by atoms with Crippen LogP contribution in [0.25, 0.3) is 0 Å². The van der Waals surface area contributed by atoms with E-state index < -0.39 is 0 Å². The van der Waals surface area contributed by atoms with Crippen molar-refractivity contribution in [2.75, 3.05) is 12.9 Å². The highest BCUT2D eigenvalue weighted by molar-refractivity contribution is 8.00. The van der Waals surface area contributed by atoms with Gasteiger partial charge in [0.2, 0.25) is 0 Å². The van der Waals surface area contributed by atoms with Crippen LogP contribution >= 0.6 is 11.8 Å². The van der Waals surface area contributed by atoms with Crippen LogP contribution < -0.4 is 4.74 Å². The van der Waals surface area contributed by atoms with Crippen LogP contribution in [0.15, 0.2) is 12.1 Å². The van der Waals surface area contributed by atoms with Crippen LogP contribution in [0.5, 0.6) is 5.75 Å². The van der Waals surface area contributed by atoms with Gasteiger partial charge in [0.05, 0.1) is 18.4 Å². The van der Waals surface area contributed by atoms with Crippen molar-refractivity contribution in [3.05, 3.63) is 28.8 Å². The molecule has 0 aliphatic carbocycles. The summed E-state index contributed by atoms with van der Waals surface area (Å²) in [5, 5.41) is 0.469. The number of Topliss-reactive ketones (excluding diaryl/α,β-unsaturated/α-hetero) is 1. The molecule has 0 spiro atoms. The zero-order chi connectivity index (χ0) is 13.0. The number of rotatable bonds is 5. The molecule has 1 aromatic carbocycles. The second-order valence-corrected chi connectivity index (χ2v) is 5.94. The average Bonchev–Trinajstić information content (AvgIpc) is 2.29. The molecule has 94 valence electrons. The number of ether oxygens (including phenoxy) is 1. The number of carbonyl (C=O) groups is 1. The molecular formula is C14H20O2S. The third-order valence-electron chi connectivity index (χ3n) is 2.73. The Labute approximate surface area is 108 Å². The van der Waals surface area contributed by atoms with Gasteiger partial charge in [-0.1, -0.05) is 19.9 Å². The standard InChI is InChI=1S/C14H20O2S/c1-9(2)17-8-13(15)12-7-6-10(3)11(4)14(12)16-5/h6-7,9H,8H2,1-5H3.